The van der Waals surface area contributed by atoms with Crippen LogP contribution in [-0.2, 0) is 11.3 Å². The van der Waals surface area contributed by atoms with E-state index in [0.717, 1.165) is 0 Å². The molecule has 108 valence electrons. The lowest BCUT2D eigenvalue weighted by Crippen LogP contribution is -2.38. The number of anilines is 2. The van der Waals surface area contributed by atoms with Crippen LogP contribution in [-0.4, -0.2) is 12.5 Å². The largest absolute Gasteiger partial charge is 0.481 e. The standard InChI is InChI=1S/C15H12BrFN2O2/c16-10-2-1-9(12(17)5-10)7-19-13-4-3-11(18)6-14(13)21-8-15(19)20/h1-6H,7-8,18H2. The van der Waals surface area contributed by atoms with Crippen LogP contribution in [0.25, 0.3) is 0 Å². The molecular formula is C15H12BrFN2O2. The first kappa shape index (κ1) is 13.9. The monoisotopic (exact) mass is 350 g/mol. The average Bonchev–Trinajstić information content (AvgIpc) is 2.44. The van der Waals surface area contributed by atoms with Crippen molar-refractivity contribution in [3.05, 3.63) is 52.3 Å². The Morgan fingerprint density at radius 3 is 2.86 bits per heavy atom. The van der Waals surface area contributed by atoms with Crippen molar-refractivity contribution in [2.45, 2.75) is 6.54 Å². The summed E-state index contributed by atoms with van der Waals surface area (Å²) in [6.07, 6.45) is 0. The first-order valence-corrected chi connectivity index (χ1v) is 7.10. The number of nitrogens with two attached hydrogens (primary N) is 1. The third-order valence-electron chi connectivity index (χ3n) is 3.27. The number of halogens is 2. The second kappa shape index (κ2) is 5.37. The molecule has 1 aliphatic rings. The van der Waals surface area contributed by atoms with Crippen LogP contribution >= 0.6 is 15.9 Å². The van der Waals surface area contributed by atoms with Crippen molar-refractivity contribution in [3.63, 3.8) is 0 Å². The Hall–Kier alpha value is -2.08. The van der Waals surface area contributed by atoms with Crippen LogP contribution in [0.3, 0.4) is 0 Å². The predicted octanol–water partition coefficient (Wildman–Crippen LogP) is 3.10. The molecule has 3 rings (SSSR count). The lowest BCUT2D eigenvalue weighted by molar-refractivity contribution is -0.121. The average molecular weight is 351 g/mol. The summed E-state index contributed by atoms with van der Waals surface area (Å²) in [6, 6.07) is 9.83. The minimum Gasteiger partial charge on any atom is -0.481 e. The molecule has 21 heavy (non-hydrogen) atoms. The molecule has 1 aliphatic heterocycles. The third-order valence-corrected chi connectivity index (χ3v) is 3.76. The summed E-state index contributed by atoms with van der Waals surface area (Å²) in [5, 5.41) is 0. The summed E-state index contributed by atoms with van der Waals surface area (Å²) in [7, 11) is 0. The van der Waals surface area contributed by atoms with E-state index in [2.05, 4.69) is 15.9 Å². The van der Waals surface area contributed by atoms with Gasteiger partial charge in [0.25, 0.3) is 5.91 Å². The van der Waals surface area contributed by atoms with Crippen LogP contribution in [0.2, 0.25) is 0 Å². The van der Waals surface area contributed by atoms with Crippen LogP contribution in [0, 0.1) is 5.82 Å². The molecular weight excluding hydrogens is 339 g/mol. The highest BCUT2D eigenvalue weighted by Gasteiger charge is 2.26. The molecule has 1 heterocycles. The zero-order valence-electron chi connectivity index (χ0n) is 11.0. The molecule has 0 atom stereocenters. The summed E-state index contributed by atoms with van der Waals surface area (Å²) in [4.78, 5) is 13.6. The number of hydrogen-bond donors (Lipinski definition) is 1. The van der Waals surface area contributed by atoms with E-state index in [1.807, 2.05) is 0 Å². The second-order valence-corrected chi connectivity index (χ2v) is 5.65. The molecule has 0 saturated carbocycles. The Balaban J connectivity index is 1.96. The Morgan fingerprint density at radius 2 is 2.10 bits per heavy atom. The Kier molecular flexibility index (Phi) is 3.55. The van der Waals surface area contributed by atoms with Crippen LogP contribution < -0.4 is 15.4 Å². The second-order valence-electron chi connectivity index (χ2n) is 4.73. The number of nitrogens with zero attached hydrogens (tertiary/aromatic N) is 1. The van der Waals surface area contributed by atoms with Gasteiger partial charge in [0.05, 0.1) is 12.2 Å². The zero-order chi connectivity index (χ0) is 15.0. The highest BCUT2D eigenvalue weighted by atomic mass is 79.9. The minimum absolute atomic E-state index is 0.0748. The smallest absolute Gasteiger partial charge is 0.265 e. The molecule has 0 saturated heterocycles. The summed E-state index contributed by atoms with van der Waals surface area (Å²) in [5.74, 6) is -0.0395. The summed E-state index contributed by atoms with van der Waals surface area (Å²) in [6.45, 7) is 0.0762. The summed E-state index contributed by atoms with van der Waals surface area (Å²) < 4.78 is 20.0. The maximum atomic E-state index is 14.0. The number of hydrogen-bond acceptors (Lipinski definition) is 3. The molecule has 0 radical (unpaired) electrons. The number of fused-ring (bicyclic) bond motifs is 1. The molecule has 0 unspecified atom stereocenters. The number of carbonyl (C=O) groups is 1. The van der Waals surface area contributed by atoms with E-state index < -0.39 is 0 Å². The van der Waals surface area contributed by atoms with Gasteiger partial charge in [-0.05, 0) is 24.3 Å². The van der Waals surface area contributed by atoms with E-state index in [0.29, 0.717) is 27.2 Å². The zero-order valence-corrected chi connectivity index (χ0v) is 12.6. The molecule has 2 N–H and O–H groups in total. The Morgan fingerprint density at radius 1 is 1.29 bits per heavy atom. The molecule has 4 nitrogen and oxygen atoms in total. The maximum absolute atomic E-state index is 14.0. The van der Waals surface area contributed by atoms with Gasteiger partial charge in [-0.1, -0.05) is 22.0 Å². The van der Waals surface area contributed by atoms with Gasteiger partial charge in [0.2, 0.25) is 0 Å². The number of carbonyl (C=O) groups excluding carboxylic acids is 1. The topological polar surface area (TPSA) is 55.6 Å². The van der Waals surface area contributed by atoms with E-state index in [9.17, 15) is 9.18 Å². The molecule has 0 spiro atoms. The van der Waals surface area contributed by atoms with Gasteiger partial charge in [0, 0.05) is 21.8 Å². The van der Waals surface area contributed by atoms with Crippen molar-refractivity contribution in [2.75, 3.05) is 17.2 Å². The molecule has 0 fully saturated rings. The van der Waals surface area contributed by atoms with Crippen LogP contribution in [0.5, 0.6) is 5.75 Å². The van der Waals surface area contributed by atoms with Gasteiger partial charge in [-0.15, -0.1) is 0 Å². The first-order valence-electron chi connectivity index (χ1n) is 6.31. The van der Waals surface area contributed by atoms with Crippen LogP contribution in [0.4, 0.5) is 15.8 Å². The Bertz CT molecular complexity index is 721. The molecule has 2 aromatic rings. The highest BCUT2D eigenvalue weighted by molar-refractivity contribution is 9.10. The molecule has 6 heteroatoms. The van der Waals surface area contributed by atoms with Gasteiger partial charge >= 0.3 is 0 Å². The van der Waals surface area contributed by atoms with Gasteiger partial charge in [0.15, 0.2) is 6.61 Å². The number of ether oxygens (including phenoxy) is 1. The maximum Gasteiger partial charge on any atom is 0.265 e. The SMILES string of the molecule is Nc1ccc2c(c1)OCC(=O)N2Cc1ccc(Br)cc1F. The lowest BCUT2D eigenvalue weighted by Gasteiger charge is -2.29. The summed E-state index contributed by atoms with van der Waals surface area (Å²) in [5.41, 5.74) is 7.30. The van der Waals surface area contributed by atoms with Gasteiger partial charge < -0.3 is 15.4 Å². The van der Waals surface area contributed by atoms with Crippen molar-refractivity contribution in [3.8, 4) is 5.75 Å². The fourth-order valence-electron chi connectivity index (χ4n) is 2.21. The molecule has 1 amide bonds. The van der Waals surface area contributed by atoms with Crippen LogP contribution in [0.15, 0.2) is 40.9 Å². The van der Waals surface area contributed by atoms with Gasteiger partial charge in [-0.25, -0.2) is 4.39 Å². The number of rotatable bonds is 2. The van der Waals surface area contributed by atoms with Gasteiger partial charge in [-0.3, -0.25) is 4.79 Å². The van der Waals surface area contributed by atoms with Crippen molar-refractivity contribution in [1.29, 1.82) is 0 Å². The van der Waals surface area contributed by atoms with E-state index in [1.165, 1.54) is 11.0 Å². The van der Waals surface area contributed by atoms with E-state index >= 15 is 0 Å². The first-order chi connectivity index (χ1) is 10.0. The summed E-state index contributed by atoms with van der Waals surface area (Å²) >= 11 is 3.21. The third kappa shape index (κ3) is 2.71. The fraction of sp³-hybridized carbons (Fsp3) is 0.133. The molecule has 0 bridgehead atoms. The van der Waals surface area contributed by atoms with Crippen molar-refractivity contribution < 1.29 is 13.9 Å². The van der Waals surface area contributed by atoms with Crippen LogP contribution in [0.1, 0.15) is 5.56 Å². The predicted molar refractivity (Wildman–Crippen MR) is 81.6 cm³/mol. The quantitative estimate of drug-likeness (QED) is 0.846. The highest BCUT2D eigenvalue weighted by Crippen LogP contribution is 2.35. The van der Waals surface area contributed by atoms with Crippen molar-refractivity contribution in [1.82, 2.24) is 0 Å². The van der Waals surface area contributed by atoms with E-state index in [4.69, 9.17) is 10.5 Å². The number of nitrogen functional groups attached to an aromatic ring is 1. The molecule has 2 aromatic carbocycles. The van der Waals surface area contributed by atoms with E-state index in [-0.39, 0.29) is 24.9 Å². The molecule has 0 aliphatic carbocycles. The number of amides is 1. The van der Waals surface area contributed by atoms with Crippen molar-refractivity contribution >= 4 is 33.2 Å². The lowest BCUT2D eigenvalue weighted by atomic mass is 10.1. The van der Waals surface area contributed by atoms with E-state index in [1.54, 1.807) is 30.3 Å². The van der Waals surface area contributed by atoms with Gasteiger partial charge in [-0.2, -0.15) is 0 Å². The minimum atomic E-state index is -0.360. The number of benzene rings is 2. The molecule has 0 aromatic heterocycles. The van der Waals surface area contributed by atoms with Crippen molar-refractivity contribution in [2.24, 2.45) is 0 Å². The fourth-order valence-corrected chi connectivity index (χ4v) is 2.55. The normalized spacial score (nSPS) is 13.8. The van der Waals surface area contributed by atoms with Gasteiger partial charge in [0.1, 0.15) is 11.6 Å². The Labute approximate surface area is 129 Å².